The molecule has 0 spiro atoms. The van der Waals surface area contributed by atoms with Crippen LogP contribution in [0.3, 0.4) is 0 Å². The molecule has 0 aromatic heterocycles. The van der Waals surface area contributed by atoms with E-state index in [-0.39, 0.29) is 11.4 Å². The molecule has 0 fully saturated rings. The van der Waals surface area contributed by atoms with Crippen LogP contribution in [0.2, 0.25) is 0 Å². The molecule has 4 nitrogen and oxygen atoms in total. The fraction of sp³-hybridized carbons (Fsp3) is 0.533. The third-order valence-corrected chi connectivity index (χ3v) is 3.37. The van der Waals surface area contributed by atoms with Gasteiger partial charge in [-0.15, -0.1) is 0 Å². The van der Waals surface area contributed by atoms with E-state index in [2.05, 4.69) is 12.2 Å². The topological polar surface area (TPSA) is 58.4 Å². The van der Waals surface area contributed by atoms with Crippen LogP contribution in [0.4, 0.5) is 5.69 Å². The molecule has 0 aliphatic rings. The number of anilines is 1. The lowest BCUT2D eigenvalue weighted by Gasteiger charge is -2.27. The van der Waals surface area contributed by atoms with Gasteiger partial charge in [-0.25, -0.2) is 0 Å². The molecule has 0 radical (unpaired) electrons. The quantitative estimate of drug-likeness (QED) is 0.824. The number of rotatable bonds is 6. The largest absolute Gasteiger partial charge is 0.365 e. The zero-order valence-corrected chi connectivity index (χ0v) is 12.4. The Morgan fingerprint density at radius 1 is 1.37 bits per heavy atom. The molecule has 0 heterocycles. The van der Waals surface area contributed by atoms with E-state index in [1.54, 1.807) is 0 Å². The van der Waals surface area contributed by atoms with Crippen molar-refractivity contribution in [3.05, 3.63) is 29.8 Å². The summed E-state index contributed by atoms with van der Waals surface area (Å²) in [6.07, 6.45) is 0.905. The van der Waals surface area contributed by atoms with Crippen LogP contribution in [0.5, 0.6) is 0 Å². The van der Waals surface area contributed by atoms with Crippen molar-refractivity contribution in [2.75, 3.05) is 18.5 Å². The number of nitrogens with two attached hydrogens (primary N) is 1. The van der Waals surface area contributed by atoms with Gasteiger partial charge in [0.15, 0.2) is 0 Å². The normalized spacial score (nSPS) is 11.2. The second kappa shape index (κ2) is 6.57. The highest BCUT2D eigenvalue weighted by molar-refractivity contribution is 5.82. The fourth-order valence-corrected chi connectivity index (χ4v) is 1.86. The molecule has 1 amide bonds. The van der Waals surface area contributed by atoms with Crippen molar-refractivity contribution in [1.82, 2.24) is 5.32 Å². The van der Waals surface area contributed by atoms with Crippen LogP contribution >= 0.6 is 0 Å². The zero-order chi connectivity index (χ0) is 14.5. The first-order valence-corrected chi connectivity index (χ1v) is 6.69. The maximum absolute atomic E-state index is 12.0. The van der Waals surface area contributed by atoms with Crippen LogP contribution in [0.25, 0.3) is 0 Å². The molecule has 0 saturated carbocycles. The summed E-state index contributed by atoms with van der Waals surface area (Å²) in [6, 6.07) is 7.89. The first-order chi connectivity index (χ1) is 8.89. The van der Waals surface area contributed by atoms with Gasteiger partial charge in [-0.3, -0.25) is 4.79 Å². The molecule has 106 valence electrons. The molecule has 0 bridgehead atoms. The van der Waals surface area contributed by atoms with Crippen molar-refractivity contribution in [2.24, 2.45) is 5.73 Å². The van der Waals surface area contributed by atoms with Gasteiger partial charge < -0.3 is 16.0 Å². The molecule has 1 rings (SSSR count). The smallest absolute Gasteiger partial charge is 0.239 e. The number of carbonyl (C=O) groups excluding carboxylic acids is 1. The van der Waals surface area contributed by atoms with E-state index in [1.807, 2.05) is 50.1 Å². The van der Waals surface area contributed by atoms with E-state index >= 15 is 0 Å². The molecule has 1 aromatic rings. The Bertz CT molecular complexity index is 429. The Morgan fingerprint density at radius 3 is 2.58 bits per heavy atom. The fourth-order valence-electron chi connectivity index (χ4n) is 1.86. The summed E-state index contributed by atoms with van der Waals surface area (Å²) in [5.74, 6) is 0.0289. The zero-order valence-electron chi connectivity index (χ0n) is 12.4. The van der Waals surface area contributed by atoms with E-state index in [0.29, 0.717) is 13.1 Å². The maximum atomic E-state index is 12.0. The Morgan fingerprint density at radius 2 is 2.00 bits per heavy atom. The highest BCUT2D eigenvalue weighted by Gasteiger charge is 2.19. The number of nitrogens with zero attached hydrogens (tertiary/aromatic N) is 1. The third-order valence-electron chi connectivity index (χ3n) is 3.37. The van der Waals surface area contributed by atoms with Gasteiger partial charge in [0.2, 0.25) is 5.91 Å². The molecule has 19 heavy (non-hydrogen) atoms. The number of amides is 1. The molecule has 4 heteroatoms. The molecule has 0 atom stereocenters. The van der Waals surface area contributed by atoms with Gasteiger partial charge in [-0.1, -0.05) is 25.1 Å². The van der Waals surface area contributed by atoms with Crippen molar-refractivity contribution >= 4 is 11.6 Å². The summed E-state index contributed by atoms with van der Waals surface area (Å²) in [5.41, 5.74) is 7.61. The molecule has 0 aliphatic heterocycles. The summed E-state index contributed by atoms with van der Waals surface area (Å²) < 4.78 is 0. The van der Waals surface area contributed by atoms with Crippen LogP contribution < -0.4 is 16.0 Å². The van der Waals surface area contributed by atoms with E-state index < -0.39 is 0 Å². The molecular weight excluding hydrogens is 238 g/mol. The summed E-state index contributed by atoms with van der Waals surface area (Å²) in [4.78, 5) is 14.0. The van der Waals surface area contributed by atoms with E-state index in [9.17, 15) is 4.79 Å². The van der Waals surface area contributed by atoms with Gasteiger partial charge in [-0.05, 0) is 31.9 Å². The number of carbonyl (C=O) groups is 1. The SMILES string of the molecule is CCC(C)(C)NC(=O)CN(C)c1ccccc1CN. The van der Waals surface area contributed by atoms with Crippen molar-refractivity contribution in [3.8, 4) is 0 Å². The van der Waals surface area contributed by atoms with Crippen molar-refractivity contribution < 1.29 is 4.79 Å². The van der Waals surface area contributed by atoms with Crippen molar-refractivity contribution in [3.63, 3.8) is 0 Å². The third kappa shape index (κ3) is 4.56. The van der Waals surface area contributed by atoms with Crippen LogP contribution in [0.15, 0.2) is 24.3 Å². The molecule has 0 saturated heterocycles. The molecule has 3 N–H and O–H groups in total. The molecule has 0 aliphatic carbocycles. The van der Waals surface area contributed by atoms with Crippen LogP contribution in [-0.4, -0.2) is 25.0 Å². The lowest BCUT2D eigenvalue weighted by Crippen LogP contribution is -2.47. The molecular formula is C15H25N3O. The second-order valence-corrected chi connectivity index (χ2v) is 5.47. The minimum atomic E-state index is -0.161. The number of benzene rings is 1. The van der Waals surface area contributed by atoms with Gasteiger partial charge in [0, 0.05) is 24.8 Å². The minimum Gasteiger partial charge on any atom is -0.365 e. The summed E-state index contributed by atoms with van der Waals surface area (Å²) >= 11 is 0. The lowest BCUT2D eigenvalue weighted by molar-refractivity contribution is -0.121. The number of hydrogen-bond acceptors (Lipinski definition) is 3. The second-order valence-electron chi connectivity index (χ2n) is 5.47. The Labute approximate surface area is 116 Å². The molecule has 1 aromatic carbocycles. The van der Waals surface area contributed by atoms with E-state index in [4.69, 9.17) is 5.73 Å². The first-order valence-electron chi connectivity index (χ1n) is 6.69. The monoisotopic (exact) mass is 263 g/mol. The highest BCUT2D eigenvalue weighted by atomic mass is 16.2. The van der Waals surface area contributed by atoms with Crippen molar-refractivity contribution in [1.29, 1.82) is 0 Å². The van der Waals surface area contributed by atoms with Gasteiger partial charge in [0.05, 0.1) is 6.54 Å². The van der Waals surface area contributed by atoms with Gasteiger partial charge in [0.25, 0.3) is 0 Å². The standard InChI is InChI=1S/C15H25N3O/c1-5-15(2,3)17-14(19)11-18(4)13-9-7-6-8-12(13)10-16/h6-9H,5,10-11,16H2,1-4H3,(H,17,19). The molecule has 0 unspecified atom stereocenters. The predicted octanol–water partition coefficient (Wildman–Crippen LogP) is 1.89. The Kier molecular flexibility index (Phi) is 5.36. The van der Waals surface area contributed by atoms with Crippen LogP contribution in [0.1, 0.15) is 32.8 Å². The number of hydrogen-bond donors (Lipinski definition) is 2. The van der Waals surface area contributed by atoms with E-state index in [0.717, 1.165) is 17.7 Å². The maximum Gasteiger partial charge on any atom is 0.239 e. The Balaban J connectivity index is 2.69. The number of likely N-dealkylation sites (N-methyl/N-ethyl adjacent to an activating group) is 1. The van der Waals surface area contributed by atoms with E-state index in [1.165, 1.54) is 0 Å². The highest BCUT2D eigenvalue weighted by Crippen LogP contribution is 2.18. The first kappa shape index (κ1) is 15.5. The van der Waals surface area contributed by atoms with Crippen LogP contribution in [0, 0.1) is 0 Å². The average molecular weight is 263 g/mol. The van der Waals surface area contributed by atoms with Gasteiger partial charge in [-0.2, -0.15) is 0 Å². The summed E-state index contributed by atoms with van der Waals surface area (Å²) in [5, 5.41) is 3.03. The predicted molar refractivity (Wildman–Crippen MR) is 80.1 cm³/mol. The summed E-state index contributed by atoms with van der Waals surface area (Å²) in [6.45, 7) is 6.92. The summed E-state index contributed by atoms with van der Waals surface area (Å²) in [7, 11) is 1.91. The number of nitrogens with one attached hydrogen (secondary N) is 1. The van der Waals surface area contributed by atoms with Gasteiger partial charge >= 0.3 is 0 Å². The number of para-hydroxylation sites is 1. The van der Waals surface area contributed by atoms with Crippen molar-refractivity contribution in [2.45, 2.75) is 39.3 Å². The minimum absolute atomic E-state index is 0.0289. The average Bonchev–Trinajstić information content (AvgIpc) is 2.37. The lowest BCUT2D eigenvalue weighted by atomic mass is 10.0. The Hall–Kier alpha value is -1.55. The van der Waals surface area contributed by atoms with Gasteiger partial charge in [0.1, 0.15) is 0 Å². The van der Waals surface area contributed by atoms with Crippen LogP contribution in [-0.2, 0) is 11.3 Å².